The first-order chi connectivity index (χ1) is 16.3. The maximum atomic E-state index is 13.1. The van der Waals surface area contributed by atoms with Crippen molar-refractivity contribution in [3.05, 3.63) is 59.2 Å². The number of pyridine rings is 1. The zero-order chi connectivity index (χ0) is 27.7. The number of benzene rings is 1. The average Bonchev–Trinajstić information content (AvgIpc) is 3.10. The number of carbonyl (C=O) groups excluding carboxylic acids is 1. The SMILES string of the molecule is [2H]c1c([2H])c(-c2nc3c([2H])c([2H])c(C)c([2H])n3c2CC(=O)N(C([2H])([2H])[2H])C([2H])([2H])[2H])c([2H])c([2H])c1C. The standard InChI is InChI=1S/C19H21N3O/c1-13-5-8-15(9-6-13)19-16(11-18(23)21(3)4)22-12-14(2)7-10-17(22)20-19/h5-10,12H,11H2,1-4H3/i3D3,4D3,5D,6D,7D,8D,9D,10D,12D. The molecule has 0 aliphatic heterocycles. The van der Waals surface area contributed by atoms with Gasteiger partial charge < -0.3 is 9.30 Å². The number of amides is 1. The third-order valence-electron chi connectivity index (χ3n) is 3.17. The summed E-state index contributed by atoms with van der Waals surface area (Å²) in [7, 11) is 0. The molecule has 0 saturated heterocycles. The molecule has 2 aromatic heterocycles. The first kappa shape index (κ1) is 6.11. The molecule has 4 nitrogen and oxygen atoms in total. The van der Waals surface area contributed by atoms with Gasteiger partial charge in [-0.1, -0.05) is 35.8 Å². The van der Waals surface area contributed by atoms with Crippen LogP contribution in [0.3, 0.4) is 0 Å². The quantitative estimate of drug-likeness (QED) is 0.743. The monoisotopic (exact) mass is 320 g/mol. The number of imidazole rings is 1. The average molecular weight is 320 g/mol. The van der Waals surface area contributed by atoms with E-state index >= 15 is 0 Å². The summed E-state index contributed by atoms with van der Waals surface area (Å²) in [6.07, 6.45) is -1.37. The molecule has 23 heavy (non-hydrogen) atoms. The van der Waals surface area contributed by atoms with Crippen LogP contribution < -0.4 is 0 Å². The number of carbonyl (C=O) groups is 1. The molecule has 0 aliphatic rings. The lowest BCUT2D eigenvalue weighted by molar-refractivity contribution is -0.128. The van der Waals surface area contributed by atoms with Gasteiger partial charge in [0.1, 0.15) is 5.65 Å². The predicted octanol–water partition coefficient (Wildman–Crippen LogP) is 3.25. The molecule has 1 amide bonds. The van der Waals surface area contributed by atoms with E-state index in [4.69, 9.17) is 17.8 Å². The number of rotatable bonds is 3. The molecular formula is C19H21N3O. The Morgan fingerprint density at radius 1 is 1.17 bits per heavy atom. The van der Waals surface area contributed by atoms with Crippen LogP contribution in [-0.4, -0.2) is 34.1 Å². The molecule has 2 heterocycles. The Morgan fingerprint density at radius 2 is 1.87 bits per heavy atom. The molecule has 0 spiro atoms. The van der Waals surface area contributed by atoms with Gasteiger partial charge in [0.05, 0.1) is 27.4 Å². The largest absolute Gasteiger partial charge is 0.348 e. The van der Waals surface area contributed by atoms with E-state index in [1.54, 1.807) is 0 Å². The van der Waals surface area contributed by atoms with Crippen molar-refractivity contribution in [1.29, 1.82) is 0 Å². The van der Waals surface area contributed by atoms with Gasteiger partial charge in [0.2, 0.25) is 5.91 Å². The zero-order valence-corrected chi connectivity index (χ0v) is 12.5. The highest BCUT2D eigenvalue weighted by molar-refractivity contribution is 5.81. The van der Waals surface area contributed by atoms with Gasteiger partial charge in [-0.05, 0) is 25.5 Å². The minimum Gasteiger partial charge on any atom is -0.348 e. The number of hydrogen-bond donors (Lipinski definition) is 0. The summed E-state index contributed by atoms with van der Waals surface area (Å²) in [4.78, 5) is 17.0. The fourth-order valence-electron chi connectivity index (χ4n) is 2.08. The van der Waals surface area contributed by atoms with Gasteiger partial charge in [-0.2, -0.15) is 0 Å². The molecule has 0 bridgehead atoms. The third-order valence-corrected chi connectivity index (χ3v) is 3.17. The summed E-state index contributed by atoms with van der Waals surface area (Å²) in [5, 5.41) is 0. The van der Waals surface area contributed by atoms with Gasteiger partial charge in [-0.25, -0.2) is 4.98 Å². The van der Waals surface area contributed by atoms with Crippen molar-refractivity contribution in [2.45, 2.75) is 20.3 Å². The molecule has 0 fully saturated rings. The topological polar surface area (TPSA) is 37.6 Å². The summed E-state index contributed by atoms with van der Waals surface area (Å²) in [5.74, 6) is -1.40. The summed E-state index contributed by atoms with van der Waals surface area (Å²) >= 11 is 0. The van der Waals surface area contributed by atoms with E-state index in [1.165, 1.54) is 13.8 Å². The van der Waals surface area contributed by atoms with E-state index in [0.717, 1.165) is 4.40 Å². The summed E-state index contributed by atoms with van der Waals surface area (Å²) in [6.45, 7) is -3.97. The van der Waals surface area contributed by atoms with E-state index in [2.05, 4.69) is 4.98 Å². The smallest absolute Gasteiger partial charge is 0.228 e. The molecule has 4 heteroatoms. The van der Waals surface area contributed by atoms with E-state index in [-0.39, 0.29) is 44.7 Å². The highest BCUT2D eigenvalue weighted by Gasteiger charge is 2.18. The number of hydrogen-bond acceptors (Lipinski definition) is 2. The number of aromatic nitrogens is 2. The van der Waals surface area contributed by atoms with E-state index < -0.39 is 62.7 Å². The lowest BCUT2D eigenvalue weighted by Gasteiger charge is -2.11. The summed E-state index contributed by atoms with van der Waals surface area (Å²) in [6, 6.07) is -2.68. The second kappa shape index (κ2) is 5.88. The van der Waals surface area contributed by atoms with Crippen LogP contribution in [0.4, 0.5) is 0 Å². The minimum atomic E-state index is -3.36. The fraction of sp³-hybridized carbons (Fsp3) is 0.263. The van der Waals surface area contributed by atoms with Crippen molar-refractivity contribution in [3.63, 3.8) is 0 Å². The molecule has 3 rings (SSSR count). The van der Waals surface area contributed by atoms with Crippen molar-refractivity contribution in [3.8, 4) is 11.3 Å². The van der Waals surface area contributed by atoms with Gasteiger partial charge >= 0.3 is 0 Å². The maximum absolute atomic E-state index is 13.1. The van der Waals surface area contributed by atoms with Crippen molar-refractivity contribution in [2.75, 3.05) is 14.0 Å². The number of fused-ring (bicyclic) bond motifs is 1. The lowest BCUT2D eigenvalue weighted by Crippen LogP contribution is -2.24. The van der Waals surface area contributed by atoms with Gasteiger partial charge in [0.15, 0.2) is 0 Å². The second-order valence-electron chi connectivity index (χ2n) is 4.96. The Hall–Kier alpha value is -2.62. The highest BCUT2D eigenvalue weighted by atomic mass is 16.2. The Labute approximate surface area is 154 Å². The first-order valence-electron chi connectivity index (χ1n) is 13.2. The number of nitrogens with zero attached hydrogens (tertiary/aromatic N) is 3. The molecule has 0 unspecified atom stereocenters. The van der Waals surface area contributed by atoms with E-state index in [1.807, 2.05) is 0 Å². The van der Waals surface area contributed by atoms with E-state index in [0.29, 0.717) is 0 Å². The first-order valence-corrected chi connectivity index (χ1v) is 6.70. The van der Waals surface area contributed by atoms with Crippen molar-refractivity contribution >= 4 is 11.6 Å². The van der Waals surface area contributed by atoms with Crippen LogP contribution in [0.2, 0.25) is 0 Å². The molecule has 3 aromatic rings. The van der Waals surface area contributed by atoms with Crippen LogP contribution in [0.25, 0.3) is 16.9 Å². The van der Waals surface area contributed by atoms with Gasteiger partial charge in [0.25, 0.3) is 0 Å². The highest BCUT2D eigenvalue weighted by Crippen LogP contribution is 2.26. The maximum Gasteiger partial charge on any atom is 0.228 e. The van der Waals surface area contributed by atoms with Gasteiger partial charge in [0, 0.05) is 33.9 Å². The summed E-state index contributed by atoms with van der Waals surface area (Å²) < 4.78 is 104. The van der Waals surface area contributed by atoms with Crippen molar-refractivity contribution in [1.82, 2.24) is 14.3 Å². The van der Waals surface area contributed by atoms with Crippen LogP contribution in [0.5, 0.6) is 0 Å². The molecule has 0 saturated carbocycles. The third kappa shape index (κ3) is 2.97. The van der Waals surface area contributed by atoms with Crippen molar-refractivity contribution < 1.29 is 22.6 Å². The molecule has 0 atom stereocenters. The second-order valence-corrected chi connectivity index (χ2v) is 4.96. The summed E-state index contributed by atoms with van der Waals surface area (Å²) in [5.41, 5.74) is -1.31. The van der Waals surface area contributed by atoms with Gasteiger partial charge in [-0.3, -0.25) is 4.79 Å². The molecule has 0 aliphatic carbocycles. The zero-order valence-electron chi connectivity index (χ0n) is 25.5. The Balaban J connectivity index is 2.46. The normalized spacial score (nSPS) is 20.2. The molecule has 118 valence electrons. The fourth-order valence-corrected chi connectivity index (χ4v) is 2.08. The molecule has 0 radical (unpaired) electrons. The van der Waals surface area contributed by atoms with Crippen LogP contribution in [0.15, 0.2) is 42.4 Å². The Morgan fingerprint density at radius 3 is 2.57 bits per heavy atom. The molecular weight excluding hydrogens is 286 g/mol. The lowest BCUT2D eigenvalue weighted by atomic mass is 10.1. The van der Waals surface area contributed by atoms with Gasteiger partial charge in [-0.15, -0.1) is 0 Å². The number of likely N-dealkylation sites (N-methyl/N-ethyl adjacent to an activating group) is 1. The van der Waals surface area contributed by atoms with Crippen LogP contribution in [-0.2, 0) is 11.2 Å². The molecule has 1 aromatic carbocycles. The van der Waals surface area contributed by atoms with Crippen molar-refractivity contribution in [2.24, 2.45) is 0 Å². The Kier molecular flexibility index (Phi) is 1.56. The predicted molar refractivity (Wildman–Crippen MR) is 92.5 cm³/mol. The minimum absolute atomic E-state index is 0.0112. The van der Waals surface area contributed by atoms with Crippen LogP contribution in [0, 0.1) is 13.8 Å². The van der Waals surface area contributed by atoms with E-state index in [9.17, 15) is 4.79 Å². The molecule has 0 N–H and O–H groups in total. The Bertz CT molecular complexity index is 1360. The van der Waals surface area contributed by atoms with Crippen LogP contribution in [0.1, 0.15) is 34.6 Å². The van der Waals surface area contributed by atoms with Crippen LogP contribution >= 0.6 is 0 Å².